The van der Waals surface area contributed by atoms with E-state index in [4.69, 9.17) is 37.7 Å². The monoisotopic (exact) mass is 652 g/mol. The molecule has 1 aromatic heterocycles. The summed E-state index contributed by atoms with van der Waals surface area (Å²) in [6.45, 7) is 11.8. The van der Waals surface area contributed by atoms with E-state index in [0.717, 1.165) is 38.7 Å². The number of rotatable bonds is 7. The summed E-state index contributed by atoms with van der Waals surface area (Å²) in [4.78, 5) is 33.5. The number of pyridine rings is 1. The highest BCUT2D eigenvalue weighted by atomic mass is 35.5. The zero-order valence-electron chi connectivity index (χ0n) is 26.2. The number of guanidine groups is 1. The Morgan fingerprint density at radius 1 is 0.800 bits per heavy atom. The number of nitrogens with one attached hydrogen (secondary N) is 4. The minimum atomic E-state index is -0.839. The van der Waals surface area contributed by atoms with Crippen LogP contribution in [0.25, 0.3) is 21.8 Å². The van der Waals surface area contributed by atoms with E-state index >= 15 is 0 Å². The molecule has 0 spiro atoms. The Kier molecular flexibility index (Phi) is 10.7. The van der Waals surface area contributed by atoms with Crippen molar-refractivity contribution in [1.82, 2.24) is 20.9 Å². The second-order valence-corrected chi connectivity index (χ2v) is 13.1. The maximum atomic E-state index is 12.4. The zero-order valence-corrected chi connectivity index (χ0v) is 27.7. The predicted molar refractivity (Wildman–Crippen MR) is 182 cm³/mol. The third kappa shape index (κ3) is 10.2. The number of para-hydroxylation sites is 1. The van der Waals surface area contributed by atoms with Crippen molar-refractivity contribution >= 4 is 74.5 Å². The lowest BCUT2D eigenvalue weighted by atomic mass is 10.0. The lowest BCUT2D eigenvalue weighted by molar-refractivity contribution is 0.0560. The largest absolute Gasteiger partial charge is 0.444 e. The average molecular weight is 654 g/mol. The number of fused-ring (bicyclic) bond motifs is 2. The number of alkyl carbamates (subject to hydrolysis) is 1. The van der Waals surface area contributed by atoms with Crippen LogP contribution < -0.4 is 21.3 Å². The Balaban J connectivity index is 1.49. The molecule has 2 amide bonds. The number of hydrogen-bond acceptors (Lipinski definition) is 7. The third-order valence-corrected chi connectivity index (χ3v) is 6.85. The molecule has 238 valence electrons. The summed E-state index contributed by atoms with van der Waals surface area (Å²) in [5.41, 5.74) is 3.03. The van der Waals surface area contributed by atoms with Gasteiger partial charge in [0.25, 0.3) is 0 Å². The van der Waals surface area contributed by atoms with Gasteiger partial charge in [-0.25, -0.2) is 14.6 Å². The number of carbonyl (C=O) groups excluding carboxylic acids is 2. The van der Waals surface area contributed by atoms with Gasteiger partial charge in [0, 0.05) is 41.8 Å². The molecule has 0 atom stereocenters. The van der Waals surface area contributed by atoms with Crippen molar-refractivity contribution in [3.8, 4) is 0 Å². The van der Waals surface area contributed by atoms with Crippen LogP contribution in [0.2, 0.25) is 10.0 Å². The van der Waals surface area contributed by atoms with Gasteiger partial charge in [-0.1, -0.05) is 41.4 Å². The normalized spacial score (nSPS) is 12.2. The molecule has 0 unspecified atom stereocenters. The molecule has 4 aromatic rings. The molecule has 45 heavy (non-hydrogen) atoms. The lowest BCUT2D eigenvalue weighted by Crippen LogP contribution is -2.45. The van der Waals surface area contributed by atoms with E-state index in [-0.39, 0.29) is 5.96 Å². The van der Waals surface area contributed by atoms with Crippen LogP contribution in [-0.2, 0) is 16.0 Å². The number of benzene rings is 3. The summed E-state index contributed by atoms with van der Waals surface area (Å²) < 4.78 is 10.6. The van der Waals surface area contributed by atoms with Crippen LogP contribution in [-0.4, -0.2) is 47.4 Å². The van der Waals surface area contributed by atoms with Gasteiger partial charge in [0.1, 0.15) is 11.2 Å². The summed E-state index contributed by atoms with van der Waals surface area (Å²) in [6, 6.07) is 19.4. The first-order chi connectivity index (χ1) is 21.2. The molecule has 0 aliphatic carbocycles. The van der Waals surface area contributed by atoms with Gasteiger partial charge in [0.15, 0.2) is 0 Å². The number of carbonyl (C=O) groups is 2. The maximum absolute atomic E-state index is 12.4. The molecule has 0 saturated carbocycles. The Labute approximate surface area is 272 Å². The summed E-state index contributed by atoms with van der Waals surface area (Å²) >= 11 is 12.3. The van der Waals surface area contributed by atoms with Gasteiger partial charge < -0.3 is 25.4 Å². The number of aliphatic imine (C=N–C) groups is 1. The van der Waals surface area contributed by atoms with E-state index in [9.17, 15) is 9.59 Å². The highest BCUT2D eigenvalue weighted by molar-refractivity contribution is 6.42. The number of ether oxygens (including phenoxy) is 2. The Morgan fingerprint density at radius 3 is 2.18 bits per heavy atom. The quantitative estimate of drug-likeness (QED) is 0.0686. The van der Waals surface area contributed by atoms with E-state index in [2.05, 4.69) is 32.3 Å². The molecule has 0 aliphatic heterocycles. The fourth-order valence-corrected chi connectivity index (χ4v) is 4.65. The standard InChI is InChI=1S/C33H38Cl2N6O4/c1-32(2,3)44-30(42)40-29(41-31(43)45-33(4,5)6)37-16-15-36-19-24-22-9-7-8-10-27(22)39-28-14-12-20(17-23(24)28)38-21-11-13-25(34)26(35)18-21/h7-14,17-18,36,38H,15-16,19H2,1-6H3,(H2,37,40,41,42,43). The smallest absolute Gasteiger partial charge is 0.437 e. The van der Waals surface area contributed by atoms with Crippen molar-refractivity contribution in [3.63, 3.8) is 0 Å². The van der Waals surface area contributed by atoms with Gasteiger partial charge in [-0.05, 0) is 89.6 Å². The fraction of sp³-hybridized carbons (Fsp3) is 0.333. The third-order valence-electron chi connectivity index (χ3n) is 6.11. The first-order valence-electron chi connectivity index (χ1n) is 14.5. The van der Waals surface area contributed by atoms with Crippen LogP contribution in [0.4, 0.5) is 21.0 Å². The SMILES string of the molecule is CC(C)(C)OC(=O)/N=C(\NCCNCc1c2ccccc2nc2ccc(Nc3ccc(Cl)c(Cl)c3)cc12)NC(=O)OC(C)(C)C. The molecule has 3 aromatic carbocycles. The molecule has 12 heteroatoms. The van der Waals surface area contributed by atoms with Crippen molar-refractivity contribution in [2.75, 3.05) is 18.4 Å². The van der Waals surface area contributed by atoms with Crippen LogP contribution in [0.15, 0.2) is 65.7 Å². The van der Waals surface area contributed by atoms with Crippen LogP contribution >= 0.6 is 23.2 Å². The van der Waals surface area contributed by atoms with Gasteiger partial charge in [-0.3, -0.25) is 5.32 Å². The highest BCUT2D eigenvalue weighted by Crippen LogP contribution is 2.31. The van der Waals surface area contributed by atoms with E-state index < -0.39 is 23.4 Å². The van der Waals surface area contributed by atoms with Crippen molar-refractivity contribution < 1.29 is 19.1 Å². The Morgan fingerprint density at radius 2 is 1.47 bits per heavy atom. The number of amides is 2. The minimum absolute atomic E-state index is 0.0712. The van der Waals surface area contributed by atoms with E-state index in [0.29, 0.717) is 29.7 Å². The van der Waals surface area contributed by atoms with Gasteiger partial charge in [0.2, 0.25) is 5.96 Å². The molecule has 0 bridgehead atoms. The second kappa shape index (κ2) is 14.3. The minimum Gasteiger partial charge on any atom is -0.444 e. The molecule has 10 nitrogen and oxygen atoms in total. The van der Waals surface area contributed by atoms with Crippen LogP contribution in [0.3, 0.4) is 0 Å². The lowest BCUT2D eigenvalue weighted by Gasteiger charge is -2.21. The molecule has 4 rings (SSSR count). The Bertz CT molecular complexity index is 1730. The fourth-order valence-electron chi connectivity index (χ4n) is 4.36. The molecule has 0 radical (unpaired) electrons. The van der Waals surface area contributed by atoms with E-state index in [1.807, 2.05) is 42.5 Å². The molecular weight excluding hydrogens is 615 g/mol. The van der Waals surface area contributed by atoms with Crippen molar-refractivity contribution in [2.24, 2.45) is 4.99 Å². The molecule has 0 aliphatic rings. The van der Waals surface area contributed by atoms with Gasteiger partial charge in [0.05, 0.1) is 21.1 Å². The number of hydrogen-bond donors (Lipinski definition) is 4. The summed E-state index contributed by atoms with van der Waals surface area (Å²) in [5.74, 6) is -0.0712. The van der Waals surface area contributed by atoms with Crippen LogP contribution in [0.1, 0.15) is 47.1 Å². The van der Waals surface area contributed by atoms with Crippen LogP contribution in [0.5, 0.6) is 0 Å². The number of anilines is 2. The molecular formula is C33H38Cl2N6O4. The summed E-state index contributed by atoms with van der Waals surface area (Å²) in [7, 11) is 0. The summed E-state index contributed by atoms with van der Waals surface area (Å²) in [5, 5.41) is 15.3. The maximum Gasteiger partial charge on any atom is 0.437 e. The molecule has 0 fully saturated rings. The second-order valence-electron chi connectivity index (χ2n) is 12.3. The highest BCUT2D eigenvalue weighted by Gasteiger charge is 2.20. The number of nitrogens with zero attached hydrogens (tertiary/aromatic N) is 2. The van der Waals surface area contributed by atoms with Crippen molar-refractivity contribution in [1.29, 1.82) is 0 Å². The molecule has 0 saturated heterocycles. The first-order valence-corrected chi connectivity index (χ1v) is 15.2. The topological polar surface area (TPSA) is 126 Å². The van der Waals surface area contributed by atoms with E-state index in [1.165, 1.54) is 0 Å². The van der Waals surface area contributed by atoms with Gasteiger partial charge >= 0.3 is 12.2 Å². The predicted octanol–water partition coefficient (Wildman–Crippen LogP) is 7.93. The zero-order chi connectivity index (χ0) is 32.8. The van der Waals surface area contributed by atoms with Crippen molar-refractivity contribution in [2.45, 2.75) is 59.3 Å². The van der Waals surface area contributed by atoms with E-state index in [1.54, 1.807) is 53.7 Å². The van der Waals surface area contributed by atoms with Gasteiger partial charge in [-0.15, -0.1) is 4.99 Å². The van der Waals surface area contributed by atoms with Crippen molar-refractivity contribution in [3.05, 3.63) is 76.3 Å². The van der Waals surface area contributed by atoms with Crippen LogP contribution in [0, 0.1) is 0 Å². The van der Waals surface area contributed by atoms with Gasteiger partial charge in [-0.2, -0.15) is 0 Å². The Hall–Kier alpha value is -4.12. The molecule has 1 heterocycles. The first kappa shape index (κ1) is 33.8. The average Bonchev–Trinajstić information content (AvgIpc) is 2.92. The molecule has 4 N–H and O–H groups in total. The number of halogens is 2. The number of aromatic nitrogens is 1. The summed E-state index contributed by atoms with van der Waals surface area (Å²) in [6.07, 6.45) is -1.58.